The Hall–Kier alpha value is -2.73. The van der Waals surface area contributed by atoms with Crippen molar-refractivity contribution < 1.29 is 14.0 Å². The third-order valence-electron chi connectivity index (χ3n) is 6.91. The fourth-order valence-corrected chi connectivity index (χ4v) is 5.19. The van der Waals surface area contributed by atoms with Gasteiger partial charge in [-0.05, 0) is 49.9 Å². The summed E-state index contributed by atoms with van der Waals surface area (Å²) in [5.74, 6) is 0.0622. The van der Waals surface area contributed by atoms with Gasteiger partial charge >= 0.3 is 0 Å². The Morgan fingerprint density at radius 1 is 1.19 bits per heavy atom. The van der Waals surface area contributed by atoms with E-state index in [1.807, 2.05) is 17.6 Å². The summed E-state index contributed by atoms with van der Waals surface area (Å²) in [6.07, 6.45) is 6.00. The maximum absolute atomic E-state index is 13.8. The van der Waals surface area contributed by atoms with Crippen molar-refractivity contribution in [1.82, 2.24) is 9.88 Å². The quantitative estimate of drug-likeness (QED) is 0.624. The molecule has 2 aliphatic rings. The Morgan fingerprint density at radius 3 is 2.68 bits per heavy atom. The van der Waals surface area contributed by atoms with E-state index in [1.54, 1.807) is 41.5 Å². The van der Waals surface area contributed by atoms with Crippen molar-refractivity contribution in [2.75, 3.05) is 4.90 Å². The van der Waals surface area contributed by atoms with Gasteiger partial charge < -0.3 is 14.3 Å². The molecule has 1 fully saturated rings. The number of aromatic nitrogens is 1. The van der Waals surface area contributed by atoms with Crippen LogP contribution in [0.1, 0.15) is 50.0 Å². The molecular weight excluding hydrogens is 414 g/mol. The van der Waals surface area contributed by atoms with Crippen LogP contribution in [-0.4, -0.2) is 28.0 Å². The number of nitrogens with zero attached hydrogens (tertiary/aromatic N) is 2. The second-order valence-electron chi connectivity index (χ2n) is 9.02. The molecule has 7 heteroatoms. The fourth-order valence-electron chi connectivity index (χ4n) is 5.06. The normalized spacial score (nSPS) is 26.2. The highest BCUT2D eigenvalue weighted by Gasteiger charge is 2.49. The maximum Gasteiger partial charge on any atom is 0.276 e. The minimum Gasteiger partial charge on any atom is -0.463 e. The minimum atomic E-state index is -1.10. The summed E-state index contributed by atoms with van der Waals surface area (Å²) in [4.78, 5) is 29.1. The number of amides is 2. The van der Waals surface area contributed by atoms with Crippen molar-refractivity contribution in [2.24, 2.45) is 5.92 Å². The number of hydrogen-bond acceptors (Lipinski definition) is 3. The van der Waals surface area contributed by atoms with Gasteiger partial charge in [0.15, 0.2) is 5.58 Å². The van der Waals surface area contributed by atoms with Crippen molar-refractivity contribution in [1.29, 1.82) is 0 Å². The van der Waals surface area contributed by atoms with E-state index >= 15 is 0 Å². The number of rotatable bonds is 3. The monoisotopic (exact) mass is 439 g/mol. The van der Waals surface area contributed by atoms with E-state index in [9.17, 15) is 9.59 Å². The van der Waals surface area contributed by atoms with Crippen LogP contribution in [0.15, 0.2) is 47.1 Å². The summed E-state index contributed by atoms with van der Waals surface area (Å²) >= 11 is 6.09. The zero-order valence-electron chi connectivity index (χ0n) is 17.7. The zero-order valence-corrected chi connectivity index (χ0v) is 18.5. The summed E-state index contributed by atoms with van der Waals surface area (Å²) in [7, 11) is 0. The first kappa shape index (κ1) is 20.2. The lowest BCUT2D eigenvalue weighted by atomic mass is 9.85. The van der Waals surface area contributed by atoms with E-state index in [-0.39, 0.29) is 17.9 Å². The fraction of sp³-hybridized carbons (Fsp3) is 0.417. The van der Waals surface area contributed by atoms with Gasteiger partial charge in [-0.3, -0.25) is 14.5 Å². The molecule has 162 valence electrons. The van der Waals surface area contributed by atoms with Crippen LogP contribution in [0.3, 0.4) is 0 Å². The van der Waals surface area contributed by atoms with Crippen LogP contribution in [0.2, 0.25) is 5.02 Å². The molecule has 2 aromatic heterocycles. The lowest BCUT2D eigenvalue weighted by Crippen LogP contribution is -2.65. The highest BCUT2D eigenvalue weighted by atomic mass is 35.5. The molecule has 3 atom stereocenters. The van der Waals surface area contributed by atoms with Gasteiger partial charge in [-0.25, -0.2) is 0 Å². The Kier molecular flexibility index (Phi) is 4.85. The molecule has 0 radical (unpaired) electrons. The van der Waals surface area contributed by atoms with Gasteiger partial charge in [0.25, 0.3) is 5.91 Å². The molecule has 0 spiro atoms. The lowest BCUT2D eigenvalue weighted by molar-refractivity contribution is -0.127. The van der Waals surface area contributed by atoms with Crippen molar-refractivity contribution in [3.8, 4) is 0 Å². The molecule has 1 aliphatic carbocycles. The molecule has 0 saturated heterocycles. The van der Waals surface area contributed by atoms with Crippen LogP contribution in [0.5, 0.6) is 0 Å². The summed E-state index contributed by atoms with van der Waals surface area (Å²) < 4.78 is 7.43. The third-order valence-corrected chi connectivity index (χ3v) is 7.16. The molecule has 2 amide bonds. The first-order chi connectivity index (χ1) is 14.9. The molecule has 1 N–H and O–H groups in total. The third kappa shape index (κ3) is 3.24. The van der Waals surface area contributed by atoms with E-state index < -0.39 is 5.54 Å². The largest absolute Gasteiger partial charge is 0.463 e. The predicted molar refractivity (Wildman–Crippen MR) is 120 cm³/mol. The molecule has 31 heavy (non-hydrogen) atoms. The van der Waals surface area contributed by atoms with Gasteiger partial charge in [0.05, 0.1) is 18.3 Å². The number of nitrogens with one attached hydrogen (secondary N) is 1. The van der Waals surface area contributed by atoms with Crippen molar-refractivity contribution in [2.45, 2.75) is 57.7 Å². The molecule has 5 rings (SSSR count). The van der Waals surface area contributed by atoms with E-state index in [0.717, 1.165) is 24.8 Å². The predicted octanol–water partition coefficient (Wildman–Crippen LogP) is 5.00. The van der Waals surface area contributed by atoms with Gasteiger partial charge in [0.1, 0.15) is 11.2 Å². The van der Waals surface area contributed by atoms with Crippen molar-refractivity contribution in [3.05, 3.63) is 53.4 Å². The Bertz CT molecular complexity index is 1150. The van der Waals surface area contributed by atoms with Gasteiger partial charge in [-0.1, -0.05) is 31.4 Å². The minimum absolute atomic E-state index is 0.125. The standard InChI is InChI=1S/C24H26ClN3O3/c1-15-5-3-4-6-18(15)26-23(30)24(2)14-27-19-11-12-31-21(19)13-20(27)22(29)28(24)17-9-7-16(25)8-10-17/h7-13,15,18H,3-6,14H2,1-2H3,(H,26,30)/t15-,18-,24-/m1/s1. The van der Waals surface area contributed by atoms with Crippen LogP contribution < -0.4 is 10.2 Å². The number of carbonyl (C=O) groups is 2. The van der Waals surface area contributed by atoms with Crippen LogP contribution in [-0.2, 0) is 11.3 Å². The van der Waals surface area contributed by atoms with E-state index in [1.165, 1.54) is 6.42 Å². The van der Waals surface area contributed by atoms with E-state index in [4.69, 9.17) is 16.0 Å². The Labute approximate surface area is 186 Å². The SMILES string of the molecule is C[C@@H]1CCCC[C@H]1NC(=O)[C@@]1(C)Cn2c(cc3occc32)C(=O)N1c1ccc(Cl)cc1. The second-order valence-corrected chi connectivity index (χ2v) is 9.45. The summed E-state index contributed by atoms with van der Waals surface area (Å²) in [5, 5.41) is 3.86. The lowest BCUT2D eigenvalue weighted by Gasteiger charge is -2.45. The topological polar surface area (TPSA) is 67.5 Å². The summed E-state index contributed by atoms with van der Waals surface area (Å²) in [6.45, 7) is 4.37. The Morgan fingerprint density at radius 2 is 1.94 bits per heavy atom. The number of carbonyl (C=O) groups excluding carboxylic acids is 2. The number of fused-ring (bicyclic) bond motifs is 3. The maximum atomic E-state index is 13.8. The highest BCUT2D eigenvalue weighted by Crippen LogP contribution is 2.37. The number of furan rings is 1. The van der Waals surface area contributed by atoms with Gasteiger partial charge in [0, 0.05) is 28.9 Å². The number of hydrogen-bond donors (Lipinski definition) is 1. The average molecular weight is 440 g/mol. The smallest absolute Gasteiger partial charge is 0.276 e. The van der Waals surface area contributed by atoms with Gasteiger partial charge in [-0.15, -0.1) is 0 Å². The van der Waals surface area contributed by atoms with Gasteiger partial charge in [0.2, 0.25) is 5.91 Å². The van der Waals surface area contributed by atoms with Gasteiger partial charge in [-0.2, -0.15) is 0 Å². The van der Waals surface area contributed by atoms with Crippen LogP contribution >= 0.6 is 11.6 Å². The molecule has 0 bridgehead atoms. The number of halogens is 1. The average Bonchev–Trinajstić information content (AvgIpc) is 3.33. The first-order valence-corrected chi connectivity index (χ1v) is 11.2. The molecule has 3 heterocycles. The van der Waals surface area contributed by atoms with Crippen LogP contribution in [0.25, 0.3) is 11.1 Å². The molecule has 0 unspecified atom stereocenters. The number of anilines is 1. The highest BCUT2D eigenvalue weighted by molar-refractivity contribution is 6.30. The molecule has 3 aromatic rings. The molecular formula is C24H26ClN3O3. The number of benzene rings is 1. The molecule has 1 aromatic carbocycles. The van der Waals surface area contributed by atoms with Crippen molar-refractivity contribution >= 4 is 40.2 Å². The molecule has 6 nitrogen and oxygen atoms in total. The van der Waals surface area contributed by atoms with E-state index in [0.29, 0.717) is 34.4 Å². The summed E-state index contributed by atoms with van der Waals surface area (Å²) in [5.41, 5.74) is 1.53. The molecule has 1 saturated carbocycles. The first-order valence-electron chi connectivity index (χ1n) is 10.9. The van der Waals surface area contributed by atoms with E-state index in [2.05, 4.69) is 12.2 Å². The van der Waals surface area contributed by atoms with Crippen LogP contribution in [0.4, 0.5) is 5.69 Å². The van der Waals surface area contributed by atoms with Crippen LogP contribution in [0, 0.1) is 5.92 Å². The Balaban J connectivity index is 1.59. The molecule has 1 aliphatic heterocycles. The zero-order chi connectivity index (χ0) is 21.8. The second kappa shape index (κ2) is 7.45. The van der Waals surface area contributed by atoms with Crippen molar-refractivity contribution in [3.63, 3.8) is 0 Å². The summed E-state index contributed by atoms with van der Waals surface area (Å²) in [6, 6.07) is 10.8.